The standard InChI is InChI=1S/C26H29N9O4S/c1-13-20(12-33(3)30-13)29-25(36)22-23(27)31-35-8-7-18(28-24(22)35)16-9-17-11-34(14(2)15-5-6-15)26(37)21(17)19(10-16)32-40(4,38)39/h7-10,12,14-15,32H,5-6,11H2,1-4H3,(H2,27,31)(H,29,36). The summed E-state index contributed by atoms with van der Waals surface area (Å²) in [7, 11) is -1.92. The summed E-state index contributed by atoms with van der Waals surface area (Å²) < 4.78 is 30.0. The summed E-state index contributed by atoms with van der Waals surface area (Å²) in [5.74, 6) is -0.214. The molecule has 4 N–H and O–H groups in total. The van der Waals surface area contributed by atoms with Crippen molar-refractivity contribution < 1.29 is 18.0 Å². The molecule has 14 heteroatoms. The molecule has 0 spiro atoms. The summed E-state index contributed by atoms with van der Waals surface area (Å²) in [5.41, 5.74) is 9.92. The first-order valence-electron chi connectivity index (χ1n) is 12.8. The monoisotopic (exact) mass is 563 g/mol. The third kappa shape index (κ3) is 4.53. The van der Waals surface area contributed by atoms with Gasteiger partial charge in [0.1, 0.15) is 5.56 Å². The fraction of sp³-hybridized carbons (Fsp3) is 0.346. The molecule has 0 saturated heterocycles. The molecule has 0 bridgehead atoms. The molecule has 1 unspecified atom stereocenters. The zero-order valence-corrected chi connectivity index (χ0v) is 23.3. The molecule has 1 aliphatic heterocycles. The van der Waals surface area contributed by atoms with Gasteiger partial charge in [-0.25, -0.2) is 17.9 Å². The average molecular weight is 564 g/mol. The number of hydrogen-bond donors (Lipinski definition) is 3. The van der Waals surface area contributed by atoms with Gasteiger partial charge in [-0.3, -0.25) is 19.0 Å². The maximum atomic E-state index is 13.4. The fourth-order valence-electron chi connectivity index (χ4n) is 5.30. The third-order valence-corrected chi connectivity index (χ3v) is 8.01. The lowest BCUT2D eigenvalue weighted by Gasteiger charge is -2.24. The molecule has 40 heavy (non-hydrogen) atoms. The van der Waals surface area contributed by atoms with Crippen molar-refractivity contribution in [2.75, 3.05) is 22.0 Å². The molecule has 1 fully saturated rings. The Morgan fingerprint density at radius 2 is 1.95 bits per heavy atom. The number of benzene rings is 1. The maximum absolute atomic E-state index is 13.4. The molecule has 4 heterocycles. The minimum absolute atomic E-state index is 0.00683. The Bertz CT molecular complexity index is 1820. The van der Waals surface area contributed by atoms with Gasteiger partial charge in [0.05, 0.1) is 34.6 Å². The first-order chi connectivity index (χ1) is 18.9. The van der Waals surface area contributed by atoms with Crippen molar-refractivity contribution in [2.45, 2.75) is 39.3 Å². The zero-order valence-electron chi connectivity index (χ0n) is 22.5. The van der Waals surface area contributed by atoms with Crippen LogP contribution in [0.1, 0.15) is 51.7 Å². The van der Waals surface area contributed by atoms with E-state index < -0.39 is 15.9 Å². The van der Waals surface area contributed by atoms with Crippen molar-refractivity contribution in [2.24, 2.45) is 13.0 Å². The summed E-state index contributed by atoms with van der Waals surface area (Å²) in [6.45, 7) is 4.18. The number of nitrogens with one attached hydrogen (secondary N) is 2. The van der Waals surface area contributed by atoms with Crippen LogP contribution in [-0.2, 0) is 23.6 Å². The predicted molar refractivity (Wildman–Crippen MR) is 149 cm³/mol. The molecule has 1 atom stereocenters. The first kappa shape index (κ1) is 25.8. The number of carbonyl (C=O) groups is 2. The van der Waals surface area contributed by atoms with Crippen LogP contribution in [-0.4, -0.2) is 61.8 Å². The van der Waals surface area contributed by atoms with Gasteiger partial charge in [-0.05, 0) is 56.4 Å². The number of carbonyl (C=O) groups excluding carboxylic acids is 2. The average Bonchev–Trinajstić information content (AvgIpc) is 3.49. The van der Waals surface area contributed by atoms with Crippen LogP contribution in [0.15, 0.2) is 30.6 Å². The van der Waals surface area contributed by atoms with E-state index in [1.54, 1.807) is 48.1 Å². The normalized spacial score (nSPS) is 15.9. The van der Waals surface area contributed by atoms with Crippen molar-refractivity contribution in [3.63, 3.8) is 0 Å². The molecule has 2 aliphatic rings. The zero-order chi connectivity index (χ0) is 28.5. The Balaban J connectivity index is 1.42. The van der Waals surface area contributed by atoms with Crippen LogP contribution in [0.4, 0.5) is 17.2 Å². The largest absolute Gasteiger partial charge is 0.381 e. The molecule has 2 amide bonds. The number of aromatic nitrogens is 5. The van der Waals surface area contributed by atoms with Crippen molar-refractivity contribution in [3.8, 4) is 11.3 Å². The Kier molecular flexibility index (Phi) is 5.83. The van der Waals surface area contributed by atoms with Crippen molar-refractivity contribution in [1.82, 2.24) is 29.3 Å². The number of nitrogen functional groups attached to an aromatic ring is 1. The minimum atomic E-state index is -3.68. The van der Waals surface area contributed by atoms with Crippen LogP contribution < -0.4 is 15.8 Å². The number of nitrogens with zero attached hydrogens (tertiary/aromatic N) is 6. The quantitative estimate of drug-likeness (QED) is 0.308. The lowest BCUT2D eigenvalue weighted by atomic mass is 10.0. The van der Waals surface area contributed by atoms with E-state index in [2.05, 4.69) is 20.2 Å². The van der Waals surface area contributed by atoms with Gasteiger partial charge in [0.25, 0.3) is 11.8 Å². The van der Waals surface area contributed by atoms with Crippen LogP contribution >= 0.6 is 0 Å². The van der Waals surface area contributed by atoms with Crippen LogP contribution in [0.3, 0.4) is 0 Å². The van der Waals surface area contributed by atoms with Gasteiger partial charge < -0.3 is 16.0 Å². The summed E-state index contributed by atoms with van der Waals surface area (Å²) in [6, 6.07) is 5.20. The number of amides is 2. The molecule has 3 aromatic heterocycles. The van der Waals surface area contributed by atoms with E-state index in [9.17, 15) is 18.0 Å². The summed E-state index contributed by atoms with van der Waals surface area (Å²) in [5, 5.41) is 11.3. The highest BCUT2D eigenvalue weighted by atomic mass is 32.2. The highest BCUT2D eigenvalue weighted by molar-refractivity contribution is 7.92. The summed E-state index contributed by atoms with van der Waals surface area (Å²) in [4.78, 5) is 33.1. The second-order valence-electron chi connectivity index (χ2n) is 10.5. The minimum Gasteiger partial charge on any atom is -0.381 e. The molecule has 208 valence electrons. The predicted octanol–water partition coefficient (Wildman–Crippen LogP) is 2.40. The smallest absolute Gasteiger partial charge is 0.263 e. The first-order valence-corrected chi connectivity index (χ1v) is 14.7. The number of nitrogens with two attached hydrogens (primary N) is 1. The lowest BCUT2D eigenvalue weighted by Crippen LogP contribution is -2.34. The number of hydrogen-bond acceptors (Lipinski definition) is 8. The highest BCUT2D eigenvalue weighted by Crippen LogP contribution is 2.41. The van der Waals surface area contributed by atoms with E-state index >= 15 is 0 Å². The van der Waals surface area contributed by atoms with Gasteiger partial charge in [0.15, 0.2) is 11.5 Å². The Morgan fingerprint density at radius 3 is 2.60 bits per heavy atom. The van der Waals surface area contributed by atoms with E-state index in [-0.39, 0.29) is 34.7 Å². The highest BCUT2D eigenvalue weighted by Gasteiger charge is 2.40. The second kappa shape index (κ2) is 9.05. The van der Waals surface area contributed by atoms with Crippen molar-refractivity contribution in [3.05, 3.63) is 53.0 Å². The Morgan fingerprint density at radius 1 is 1.20 bits per heavy atom. The van der Waals surface area contributed by atoms with Crippen molar-refractivity contribution in [1.29, 1.82) is 0 Å². The van der Waals surface area contributed by atoms with E-state index in [1.165, 1.54) is 4.52 Å². The van der Waals surface area contributed by atoms with Crippen molar-refractivity contribution >= 4 is 44.7 Å². The van der Waals surface area contributed by atoms with E-state index in [0.717, 1.165) is 19.1 Å². The number of sulfonamides is 1. The molecule has 1 saturated carbocycles. The van der Waals surface area contributed by atoms with Gasteiger partial charge in [-0.2, -0.15) is 5.10 Å². The van der Waals surface area contributed by atoms with E-state index in [4.69, 9.17) is 10.7 Å². The van der Waals surface area contributed by atoms with Gasteiger partial charge in [0, 0.05) is 37.6 Å². The maximum Gasteiger partial charge on any atom is 0.263 e. The molecule has 6 rings (SSSR count). The molecule has 1 aromatic carbocycles. The number of rotatable bonds is 7. The van der Waals surface area contributed by atoms with Crippen LogP contribution in [0.5, 0.6) is 0 Å². The molecular weight excluding hydrogens is 534 g/mol. The second-order valence-corrected chi connectivity index (χ2v) is 12.3. The SMILES string of the molecule is Cc1nn(C)cc1NC(=O)c1c(N)nn2ccc(-c3cc4c(c(NS(C)(=O)=O)c3)C(=O)N(C(C)C3CC3)C4)nc12. The van der Waals surface area contributed by atoms with Gasteiger partial charge >= 0.3 is 0 Å². The summed E-state index contributed by atoms with van der Waals surface area (Å²) in [6.07, 6.45) is 6.52. The number of anilines is 3. The molecule has 4 aromatic rings. The Hall–Kier alpha value is -4.46. The Labute approximate surface area is 230 Å². The molecule has 0 radical (unpaired) electrons. The third-order valence-electron chi connectivity index (χ3n) is 7.42. The van der Waals surface area contributed by atoms with Crippen LogP contribution in [0.2, 0.25) is 0 Å². The number of fused-ring (bicyclic) bond motifs is 2. The van der Waals surface area contributed by atoms with Crippen LogP contribution in [0, 0.1) is 12.8 Å². The summed E-state index contributed by atoms with van der Waals surface area (Å²) >= 11 is 0. The van der Waals surface area contributed by atoms with Gasteiger partial charge in [-0.15, -0.1) is 5.10 Å². The number of aryl methyl sites for hydroxylation is 2. The molecular formula is C26H29N9O4S. The van der Waals surface area contributed by atoms with E-state index in [1.807, 2.05) is 13.0 Å². The molecule has 1 aliphatic carbocycles. The topological polar surface area (TPSA) is 170 Å². The van der Waals surface area contributed by atoms with Gasteiger partial charge in [0.2, 0.25) is 10.0 Å². The van der Waals surface area contributed by atoms with E-state index in [0.29, 0.717) is 46.2 Å². The van der Waals surface area contributed by atoms with Gasteiger partial charge in [-0.1, -0.05) is 0 Å². The fourth-order valence-corrected chi connectivity index (χ4v) is 5.86. The lowest BCUT2D eigenvalue weighted by molar-refractivity contribution is 0.0698. The van der Waals surface area contributed by atoms with Crippen LogP contribution in [0.25, 0.3) is 16.9 Å². The molecule has 13 nitrogen and oxygen atoms in total.